The Bertz CT molecular complexity index is 218. The molecule has 2 N–H and O–H groups in total. The van der Waals surface area contributed by atoms with Crippen molar-refractivity contribution in [2.75, 3.05) is 0 Å². The highest BCUT2D eigenvalue weighted by atomic mass is 79.9. The van der Waals surface area contributed by atoms with Crippen LogP contribution in [0.25, 0.3) is 0 Å². The summed E-state index contributed by atoms with van der Waals surface area (Å²) in [4.78, 5) is 0. The van der Waals surface area contributed by atoms with Gasteiger partial charge in [0.05, 0.1) is 12.1 Å². The zero-order valence-corrected chi connectivity index (χ0v) is 13.5. The van der Waals surface area contributed by atoms with Crippen molar-refractivity contribution in [1.29, 1.82) is 0 Å². The summed E-state index contributed by atoms with van der Waals surface area (Å²) >= 11 is 8.55. The van der Waals surface area contributed by atoms with Gasteiger partial charge in [-0.05, 0) is 12.2 Å². The van der Waals surface area contributed by atoms with Gasteiger partial charge in [-0.2, -0.15) is 0 Å². The van der Waals surface area contributed by atoms with Crippen molar-refractivity contribution in [1.82, 2.24) is 9.44 Å². The average Bonchev–Trinajstić information content (AvgIpc) is 2.79. The maximum absolute atomic E-state index is 3.50. The Labute approximate surface area is 114 Å². The van der Waals surface area contributed by atoms with Crippen LogP contribution in [0.2, 0.25) is 0 Å². The fraction of sp³-hybridized carbons (Fsp3) is 0.600. The molecule has 2 nitrogen and oxygen atoms in total. The van der Waals surface area contributed by atoms with E-state index in [-0.39, 0.29) is 0 Å². The molecule has 1 heterocycles. The fourth-order valence-electron chi connectivity index (χ4n) is 1.09. The average molecular weight is 358 g/mol. The van der Waals surface area contributed by atoms with E-state index in [1.165, 1.54) is 8.96 Å². The Morgan fingerprint density at radius 3 is 1.60 bits per heavy atom. The number of fused-ring (bicyclic) bond motifs is 1. The van der Waals surface area contributed by atoms with Gasteiger partial charge in [-0.3, -0.25) is 0 Å². The predicted molar refractivity (Wildman–Crippen MR) is 78.2 cm³/mol. The van der Waals surface area contributed by atoms with Crippen LogP contribution in [-0.2, 0) is 0 Å². The predicted octanol–water partition coefficient (Wildman–Crippen LogP) is 4.10. The van der Waals surface area contributed by atoms with Gasteiger partial charge in [0, 0.05) is 21.1 Å². The SMILES string of the molecule is BrC1=CC=C(Br)C2NSNC12.CC.CC. The number of allylic oxidation sites excluding steroid dienone is 2. The molecule has 0 bridgehead atoms. The molecule has 0 amide bonds. The molecular weight excluding hydrogens is 340 g/mol. The van der Waals surface area contributed by atoms with E-state index in [0.29, 0.717) is 12.1 Å². The summed E-state index contributed by atoms with van der Waals surface area (Å²) in [5, 5.41) is 0. The lowest BCUT2D eigenvalue weighted by Gasteiger charge is -2.20. The Balaban J connectivity index is 0.000000442. The molecule has 1 aliphatic carbocycles. The highest BCUT2D eigenvalue weighted by Gasteiger charge is 2.33. The van der Waals surface area contributed by atoms with Gasteiger partial charge in [0.2, 0.25) is 0 Å². The van der Waals surface area contributed by atoms with Crippen LogP contribution in [-0.4, -0.2) is 12.1 Å². The van der Waals surface area contributed by atoms with E-state index in [4.69, 9.17) is 0 Å². The molecule has 5 heteroatoms. The van der Waals surface area contributed by atoms with Crippen molar-refractivity contribution < 1.29 is 0 Å². The van der Waals surface area contributed by atoms with Crippen LogP contribution in [0.4, 0.5) is 0 Å². The number of halogens is 2. The van der Waals surface area contributed by atoms with Gasteiger partial charge in [0.25, 0.3) is 0 Å². The highest BCUT2D eigenvalue weighted by molar-refractivity contribution is 9.12. The number of hydrogen-bond acceptors (Lipinski definition) is 3. The highest BCUT2D eigenvalue weighted by Crippen LogP contribution is 2.32. The van der Waals surface area contributed by atoms with E-state index < -0.39 is 0 Å². The van der Waals surface area contributed by atoms with Crippen LogP contribution in [0.5, 0.6) is 0 Å². The minimum atomic E-state index is 0.374. The molecule has 0 aromatic heterocycles. The normalized spacial score (nSPS) is 27.3. The molecule has 15 heavy (non-hydrogen) atoms. The molecule has 1 saturated heterocycles. The largest absolute Gasteiger partial charge is 0.241 e. The number of rotatable bonds is 0. The van der Waals surface area contributed by atoms with Crippen LogP contribution >= 0.6 is 44.0 Å². The molecule has 0 saturated carbocycles. The Morgan fingerprint density at radius 1 is 0.933 bits per heavy atom. The molecular formula is C10H18Br2N2S. The third kappa shape index (κ3) is 4.23. The maximum Gasteiger partial charge on any atom is 0.0707 e. The minimum Gasteiger partial charge on any atom is -0.241 e. The second-order valence-electron chi connectivity index (χ2n) is 2.40. The third-order valence-electron chi connectivity index (χ3n) is 1.70. The Hall–Kier alpha value is 0.710. The van der Waals surface area contributed by atoms with E-state index in [9.17, 15) is 0 Å². The lowest BCUT2D eigenvalue weighted by Crippen LogP contribution is -2.35. The van der Waals surface area contributed by atoms with E-state index >= 15 is 0 Å². The van der Waals surface area contributed by atoms with Crippen LogP contribution in [0.15, 0.2) is 21.1 Å². The molecule has 1 fully saturated rings. The van der Waals surface area contributed by atoms with E-state index in [2.05, 4.69) is 53.5 Å². The first-order valence-electron chi connectivity index (χ1n) is 5.18. The first-order valence-corrected chi connectivity index (χ1v) is 7.59. The molecule has 0 aromatic rings. The Kier molecular flexibility index (Phi) is 9.23. The van der Waals surface area contributed by atoms with Gasteiger partial charge in [-0.25, -0.2) is 9.44 Å². The van der Waals surface area contributed by atoms with Gasteiger partial charge in [-0.1, -0.05) is 59.6 Å². The van der Waals surface area contributed by atoms with Crippen molar-refractivity contribution >= 4 is 44.0 Å². The van der Waals surface area contributed by atoms with Gasteiger partial charge in [-0.15, -0.1) is 0 Å². The maximum atomic E-state index is 3.50. The van der Waals surface area contributed by atoms with Crippen molar-refractivity contribution in [3.05, 3.63) is 21.1 Å². The smallest absolute Gasteiger partial charge is 0.0707 e. The second kappa shape index (κ2) is 8.82. The summed E-state index contributed by atoms with van der Waals surface area (Å²) in [7, 11) is 0. The molecule has 0 aromatic carbocycles. The monoisotopic (exact) mass is 356 g/mol. The summed E-state index contributed by atoms with van der Waals surface area (Å²) in [6, 6.07) is 0.749. The number of nitrogens with one attached hydrogen (secondary N) is 2. The molecule has 2 unspecified atom stereocenters. The first-order chi connectivity index (χ1) is 7.29. The first kappa shape index (κ1) is 15.7. The third-order valence-corrected chi connectivity index (χ3v) is 3.96. The summed E-state index contributed by atoms with van der Waals surface area (Å²) in [5.74, 6) is 0. The standard InChI is InChI=1S/C6H6Br2N2S.2C2H6/c7-3-1-2-4(8)6-5(3)9-11-10-6;2*1-2/h1-2,5-6,9-10H;2*1-2H3. The second-order valence-corrected chi connectivity index (χ2v) is 4.90. The van der Waals surface area contributed by atoms with E-state index in [1.54, 1.807) is 12.1 Å². The summed E-state index contributed by atoms with van der Waals surface area (Å²) in [6.07, 6.45) is 4.12. The summed E-state index contributed by atoms with van der Waals surface area (Å²) in [6.45, 7) is 8.00. The van der Waals surface area contributed by atoms with Crippen LogP contribution < -0.4 is 9.44 Å². The van der Waals surface area contributed by atoms with Gasteiger partial charge in [0.1, 0.15) is 0 Å². The van der Waals surface area contributed by atoms with Crippen molar-refractivity contribution in [2.24, 2.45) is 0 Å². The van der Waals surface area contributed by atoms with E-state index in [1.807, 2.05) is 27.7 Å². The molecule has 1 aliphatic heterocycles. The fourth-order valence-corrected chi connectivity index (χ4v) is 3.27. The van der Waals surface area contributed by atoms with Gasteiger partial charge >= 0.3 is 0 Å². The van der Waals surface area contributed by atoms with Crippen molar-refractivity contribution in [2.45, 2.75) is 39.8 Å². The van der Waals surface area contributed by atoms with Crippen LogP contribution in [0, 0.1) is 0 Å². The van der Waals surface area contributed by atoms with E-state index in [0.717, 1.165) is 0 Å². The molecule has 0 radical (unpaired) electrons. The molecule has 0 spiro atoms. The minimum absolute atomic E-state index is 0.374. The van der Waals surface area contributed by atoms with Crippen LogP contribution in [0.1, 0.15) is 27.7 Å². The lowest BCUT2D eigenvalue weighted by molar-refractivity contribution is 0.663. The van der Waals surface area contributed by atoms with Gasteiger partial charge < -0.3 is 0 Å². The molecule has 2 rings (SSSR count). The van der Waals surface area contributed by atoms with Crippen molar-refractivity contribution in [3.8, 4) is 0 Å². The summed E-state index contributed by atoms with van der Waals surface area (Å²) in [5.41, 5.74) is 0. The molecule has 2 atom stereocenters. The lowest BCUT2D eigenvalue weighted by atomic mass is 10.1. The summed E-state index contributed by atoms with van der Waals surface area (Å²) < 4.78 is 8.91. The van der Waals surface area contributed by atoms with Gasteiger partial charge in [0.15, 0.2) is 0 Å². The van der Waals surface area contributed by atoms with Crippen LogP contribution in [0.3, 0.4) is 0 Å². The topological polar surface area (TPSA) is 24.1 Å². The zero-order chi connectivity index (χ0) is 11.8. The number of hydrogen-bond donors (Lipinski definition) is 2. The molecule has 88 valence electrons. The zero-order valence-electron chi connectivity index (χ0n) is 9.47. The quantitative estimate of drug-likeness (QED) is 0.638. The molecule has 2 aliphatic rings. The Morgan fingerprint density at radius 2 is 1.27 bits per heavy atom. The van der Waals surface area contributed by atoms with Crippen molar-refractivity contribution in [3.63, 3.8) is 0 Å².